The summed E-state index contributed by atoms with van der Waals surface area (Å²) in [6.45, 7) is 7.43. The molecule has 0 aliphatic carbocycles. The summed E-state index contributed by atoms with van der Waals surface area (Å²) in [6, 6.07) is 11.4. The van der Waals surface area contributed by atoms with Crippen LogP contribution in [0, 0.1) is 6.92 Å². The van der Waals surface area contributed by atoms with E-state index in [0.717, 1.165) is 34.5 Å². The molecule has 1 aliphatic heterocycles. The molecule has 28 heavy (non-hydrogen) atoms. The van der Waals surface area contributed by atoms with Crippen molar-refractivity contribution in [2.45, 2.75) is 46.1 Å². The Morgan fingerprint density at radius 3 is 2.68 bits per heavy atom. The van der Waals surface area contributed by atoms with Gasteiger partial charge in [-0.05, 0) is 66.3 Å². The van der Waals surface area contributed by atoms with E-state index in [4.69, 9.17) is 4.74 Å². The molecule has 0 saturated carbocycles. The minimum atomic E-state index is -0.144. The maximum absolute atomic E-state index is 12.7. The van der Waals surface area contributed by atoms with Gasteiger partial charge in [-0.25, -0.2) is 0 Å². The highest BCUT2D eigenvalue weighted by molar-refractivity contribution is 5.99. The quantitative estimate of drug-likeness (QED) is 0.818. The number of aryl methyl sites for hydroxylation is 1. The van der Waals surface area contributed by atoms with E-state index in [9.17, 15) is 9.59 Å². The SMILES string of the molecule is COc1cc(C)c(CNC(=O)c2cccc(N3CCCC3=O)c2)cc1C(C)C. The molecule has 1 saturated heterocycles. The molecule has 1 fully saturated rings. The minimum absolute atomic E-state index is 0.118. The van der Waals surface area contributed by atoms with Crippen LogP contribution in [0.2, 0.25) is 0 Å². The van der Waals surface area contributed by atoms with E-state index in [-0.39, 0.29) is 11.8 Å². The number of carbonyl (C=O) groups is 2. The standard InChI is InChI=1S/C23H28N2O3/c1-15(2)20-13-18(16(3)11-21(20)28-4)14-24-23(27)17-7-5-8-19(12-17)25-10-6-9-22(25)26/h5,7-8,11-13,15H,6,9-10,14H2,1-4H3,(H,24,27). The molecule has 1 heterocycles. The molecule has 1 N–H and O–H groups in total. The van der Waals surface area contributed by atoms with Crippen LogP contribution in [0.25, 0.3) is 0 Å². The van der Waals surface area contributed by atoms with Crippen LogP contribution in [-0.4, -0.2) is 25.5 Å². The minimum Gasteiger partial charge on any atom is -0.496 e. The maximum atomic E-state index is 12.7. The number of hydrogen-bond acceptors (Lipinski definition) is 3. The fraction of sp³-hybridized carbons (Fsp3) is 0.391. The molecule has 2 aromatic rings. The second-order valence-corrected chi connectivity index (χ2v) is 7.56. The zero-order chi connectivity index (χ0) is 20.3. The Balaban J connectivity index is 1.74. The van der Waals surface area contributed by atoms with E-state index in [1.807, 2.05) is 25.1 Å². The number of methoxy groups -OCH3 is 1. The van der Waals surface area contributed by atoms with Crippen molar-refractivity contribution in [3.05, 3.63) is 58.7 Å². The Kier molecular flexibility index (Phi) is 6.02. The molecule has 2 amide bonds. The number of hydrogen-bond donors (Lipinski definition) is 1. The molecule has 2 aromatic carbocycles. The van der Waals surface area contributed by atoms with Crippen LogP contribution in [0.4, 0.5) is 5.69 Å². The van der Waals surface area contributed by atoms with Crippen molar-refractivity contribution in [3.63, 3.8) is 0 Å². The first kappa shape index (κ1) is 19.9. The fourth-order valence-corrected chi connectivity index (χ4v) is 3.58. The highest BCUT2D eigenvalue weighted by Gasteiger charge is 2.22. The van der Waals surface area contributed by atoms with Gasteiger partial charge in [-0.15, -0.1) is 0 Å². The van der Waals surface area contributed by atoms with Crippen LogP contribution >= 0.6 is 0 Å². The normalized spacial score (nSPS) is 13.9. The van der Waals surface area contributed by atoms with Crippen molar-refractivity contribution in [2.24, 2.45) is 0 Å². The van der Waals surface area contributed by atoms with Crippen LogP contribution in [0.3, 0.4) is 0 Å². The molecular weight excluding hydrogens is 352 g/mol. The summed E-state index contributed by atoms with van der Waals surface area (Å²) in [5.74, 6) is 1.19. The lowest BCUT2D eigenvalue weighted by molar-refractivity contribution is -0.117. The van der Waals surface area contributed by atoms with Crippen molar-refractivity contribution >= 4 is 17.5 Å². The average molecular weight is 380 g/mol. The number of nitrogens with zero attached hydrogens (tertiary/aromatic N) is 1. The van der Waals surface area contributed by atoms with Gasteiger partial charge in [0, 0.05) is 30.8 Å². The van der Waals surface area contributed by atoms with Gasteiger partial charge in [0.1, 0.15) is 5.75 Å². The summed E-state index contributed by atoms with van der Waals surface area (Å²) in [5, 5.41) is 3.01. The second kappa shape index (κ2) is 8.46. The van der Waals surface area contributed by atoms with Crippen molar-refractivity contribution in [3.8, 4) is 5.75 Å². The van der Waals surface area contributed by atoms with Crippen molar-refractivity contribution < 1.29 is 14.3 Å². The van der Waals surface area contributed by atoms with Gasteiger partial charge in [-0.1, -0.05) is 19.9 Å². The first-order valence-corrected chi connectivity index (χ1v) is 9.76. The molecule has 5 heteroatoms. The highest BCUT2D eigenvalue weighted by atomic mass is 16.5. The number of amides is 2. The number of anilines is 1. The van der Waals surface area contributed by atoms with Gasteiger partial charge in [0.05, 0.1) is 7.11 Å². The zero-order valence-corrected chi connectivity index (χ0v) is 17.0. The Morgan fingerprint density at radius 2 is 2.04 bits per heavy atom. The predicted octanol–water partition coefficient (Wildman–Crippen LogP) is 4.18. The first-order chi connectivity index (χ1) is 13.4. The number of ether oxygens (including phenoxy) is 1. The van der Waals surface area contributed by atoms with Crippen LogP contribution in [0.15, 0.2) is 36.4 Å². The summed E-state index contributed by atoms with van der Waals surface area (Å²) >= 11 is 0. The summed E-state index contributed by atoms with van der Waals surface area (Å²) in [6.07, 6.45) is 1.44. The van der Waals surface area contributed by atoms with Crippen LogP contribution in [0.1, 0.15) is 59.7 Å². The van der Waals surface area contributed by atoms with Crippen LogP contribution in [0.5, 0.6) is 5.75 Å². The lowest BCUT2D eigenvalue weighted by atomic mass is 9.96. The number of nitrogens with one attached hydrogen (secondary N) is 1. The highest BCUT2D eigenvalue weighted by Crippen LogP contribution is 2.29. The molecule has 0 bridgehead atoms. The maximum Gasteiger partial charge on any atom is 0.251 e. The Labute approximate surface area is 166 Å². The zero-order valence-electron chi connectivity index (χ0n) is 17.0. The largest absolute Gasteiger partial charge is 0.496 e. The fourth-order valence-electron chi connectivity index (χ4n) is 3.58. The Morgan fingerprint density at radius 1 is 1.25 bits per heavy atom. The topological polar surface area (TPSA) is 58.6 Å². The summed E-state index contributed by atoms with van der Waals surface area (Å²) < 4.78 is 5.49. The molecule has 3 rings (SSSR count). The smallest absolute Gasteiger partial charge is 0.251 e. The van der Waals surface area contributed by atoms with E-state index in [2.05, 4.69) is 25.2 Å². The number of benzene rings is 2. The van der Waals surface area contributed by atoms with Gasteiger partial charge in [0.25, 0.3) is 5.91 Å². The molecule has 0 radical (unpaired) electrons. The van der Waals surface area contributed by atoms with E-state index < -0.39 is 0 Å². The van der Waals surface area contributed by atoms with Gasteiger partial charge in [0.2, 0.25) is 5.91 Å². The Hall–Kier alpha value is -2.82. The third-order valence-corrected chi connectivity index (χ3v) is 5.24. The van der Waals surface area contributed by atoms with E-state index in [0.29, 0.717) is 31.0 Å². The molecule has 1 aliphatic rings. The van der Waals surface area contributed by atoms with E-state index >= 15 is 0 Å². The van der Waals surface area contributed by atoms with Crippen LogP contribution in [-0.2, 0) is 11.3 Å². The summed E-state index contributed by atoms with van der Waals surface area (Å²) in [4.78, 5) is 26.4. The lowest BCUT2D eigenvalue weighted by Crippen LogP contribution is -2.26. The predicted molar refractivity (Wildman–Crippen MR) is 111 cm³/mol. The van der Waals surface area contributed by atoms with Crippen LogP contribution < -0.4 is 15.0 Å². The first-order valence-electron chi connectivity index (χ1n) is 9.76. The second-order valence-electron chi connectivity index (χ2n) is 7.56. The molecule has 0 spiro atoms. The molecule has 0 atom stereocenters. The molecule has 148 valence electrons. The lowest BCUT2D eigenvalue weighted by Gasteiger charge is -2.17. The van der Waals surface area contributed by atoms with Gasteiger partial charge in [0.15, 0.2) is 0 Å². The monoisotopic (exact) mass is 380 g/mol. The van der Waals surface area contributed by atoms with Gasteiger partial charge >= 0.3 is 0 Å². The number of carbonyl (C=O) groups excluding carboxylic acids is 2. The number of rotatable bonds is 6. The van der Waals surface area contributed by atoms with Crippen molar-refractivity contribution in [1.29, 1.82) is 0 Å². The third-order valence-electron chi connectivity index (χ3n) is 5.24. The average Bonchev–Trinajstić information content (AvgIpc) is 3.12. The van der Waals surface area contributed by atoms with Gasteiger partial charge < -0.3 is 15.0 Å². The third kappa shape index (κ3) is 4.19. The molecular formula is C23H28N2O3. The molecule has 0 unspecified atom stereocenters. The van der Waals surface area contributed by atoms with Gasteiger partial charge in [-0.3, -0.25) is 9.59 Å². The van der Waals surface area contributed by atoms with Crippen molar-refractivity contribution in [2.75, 3.05) is 18.6 Å². The summed E-state index contributed by atoms with van der Waals surface area (Å²) in [7, 11) is 1.68. The molecule has 0 aromatic heterocycles. The summed E-state index contributed by atoms with van der Waals surface area (Å²) in [5.41, 5.74) is 4.64. The van der Waals surface area contributed by atoms with Crippen molar-refractivity contribution in [1.82, 2.24) is 5.32 Å². The van der Waals surface area contributed by atoms with E-state index in [1.165, 1.54) is 0 Å². The Bertz CT molecular complexity index is 889. The van der Waals surface area contributed by atoms with Gasteiger partial charge in [-0.2, -0.15) is 0 Å². The molecule has 5 nitrogen and oxygen atoms in total. The van der Waals surface area contributed by atoms with E-state index in [1.54, 1.807) is 24.1 Å².